The highest BCUT2D eigenvalue weighted by Gasteiger charge is 2.37. The maximum absolute atomic E-state index is 5.99. The van der Waals surface area contributed by atoms with Crippen molar-refractivity contribution in [3.05, 3.63) is 11.4 Å². The molecule has 2 unspecified atom stereocenters. The van der Waals surface area contributed by atoms with Gasteiger partial charge in [-0.1, -0.05) is 0 Å². The predicted octanol–water partition coefficient (Wildman–Crippen LogP) is 1.01. The van der Waals surface area contributed by atoms with Crippen LogP contribution in [0.25, 0.3) is 0 Å². The SMILES string of the molecule is CN(N)/C1=C(\N)CCC2CC2CC1.CNC. The third-order valence-electron chi connectivity index (χ3n) is 3.40. The molecule has 0 aromatic rings. The lowest BCUT2D eigenvalue weighted by atomic mass is 10.0. The zero-order chi connectivity index (χ0) is 12.1. The molecule has 0 aliphatic heterocycles. The first-order valence-electron chi connectivity index (χ1n) is 6.14. The van der Waals surface area contributed by atoms with Crippen LogP contribution in [0.1, 0.15) is 32.1 Å². The maximum Gasteiger partial charge on any atom is 0.0475 e. The van der Waals surface area contributed by atoms with E-state index in [4.69, 9.17) is 11.6 Å². The van der Waals surface area contributed by atoms with E-state index in [0.29, 0.717) is 0 Å². The van der Waals surface area contributed by atoms with Crippen LogP contribution in [0.5, 0.6) is 0 Å². The molecule has 0 saturated heterocycles. The van der Waals surface area contributed by atoms with Crippen LogP contribution in [0.2, 0.25) is 0 Å². The molecule has 4 heteroatoms. The largest absolute Gasteiger partial charge is 0.401 e. The lowest BCUT2D eigenvalue weighted by Gasteiger charge is -2.21. The first kappa shape index (κ1) is 13.3. The Labute approximate surface area is 99.0 Å². The van der Waals surface area contributed by atoms with Crippen molar-refractivity contribution in [3.63, 3.8) is 0 Å². The van der Waals surface area contributed by atoms with Crippen molar-refractivity contribution >= 4 is 0 Å². The molecule has 5 N–H and O–H groups in total. The fraction of sp³-hybridized carbons (Fsp3) is 0.833. The van der Waals surface area contributed by atoms with E-state index in [1.807, 2.05) is 21.1 Å². The maximum atomic E-state index is 5.99. The number of nitrogens with zero attached hydrogens (tertiary/aromatic N) is 1. The zero-order valence-corrected chi connectivity index (χ0v) is 10.8. The molecule has 1 saturated carbocycles. The first-order chi connectivity index (χ1) is 7.60. The summed E-state index contributed by atoms with van der Waals surface area (Å²) < 4.78 is 0. The van der Waals surface area contributed by atoms with Gasteiger partial charge in [0.2, 0.25) is 0 Å². The minimum atomic E-state index is 0.975. The number of hydrazine groups is 1. The van der Waals surface area contributed by atoms with E-state index in [0.717, 1.165) is 36.1 Å². The van der Waals surface area contributed by atoms with E-state index in [1.54, 1.807) is 5.01 Å². The lowest BCUT2D eigenvalue weighted by Crippen LogP contribution is -2.28. The van der Waals surface area contributed by atoms with Gasteiger partial charge in [0.15, 0.2) is 0 Å². The minimum Gasteiger partial charge on any atom is -0.401 e. The summed E-state index contributed by atoms with van der Waals surface area (Å²) >= 11 is 0. The number of allylic oxidation sites excluding steroid dienone is 2. The van der Waals surface area contributed by atoms with Gasteiger partial charge in [0.1, 0.15) is 0 Å². The fourth-order valence-corrected chi connectivity index (χ4v) is 2.39. The molecule has 0 radical (unpaired) electrons. The van der Waals surface area contributed by atoms with Crippen molar-refractivity contribution in [2.24, 2.45) is 23.4 Å². The van der Waals surface area contributed by atoms with Crippen LogP contribution in [0.3, 0.4) is 0 Å². The monoisotopic (exact) mass is 226 g/mol. The molecule has 0 bridgehead atoms. The van der Waals surface area contributed by atoms with Gasteiger partial charge in [-0.25, -0.2) is 5.84 Å². The van der Waals surface area contributed by atoms with Gasteiger partial charge in [-0.15, -0.1) is 0 Å². The van der Waals surface area contributed by atoms with Gasteiger partial charge in [0.05, 0.1) is 0 Å². The molecular formula is C12H26N4. The fourth-order valence-electron chi connectivity index (χ4n) is 2.39. The highest BCUT2D eigenvalue weighted by atomic mass is 15.4. The summed E-state index contributed by atoms with van der Waals surface area (Å²) in [6.45, 7) is 0. The molecule has 1 fully saturated rings. The van der Waals surface area contributed by atoms with Crippen molar-refractivity contribution < 1.29 is 0 Å². The molecule has 0 amide bonds. The van der Waals surface area contributed by atoms with Gasteiger partial charge >= 0.3 is 0 Å². The zero-order valence-electron chi connectivity index (χ0n) is 10.8. The smallest absolute Gasteiger partial charge is 0.0475 e. The lowest BCUT2D eigenvalue weighted by molar-refractivity contribution is 0.394. The van der Waals surface area contributed by atoms with Gasteiger partial charge in [-0.2, -0.15) is 0 Å². The minimum absolute atomic E-state index is 0.975. The summed E-state index contributed by atoms with van der Waals surface area (Å²) in [6.07, 6.45) is 6.09. The van der Waals surface area contributed by atoms with Gasteiger partial charge in [0, 0.05) is 18.4 Å². The van der Waals surface area contributed by atoms with Crippen molar-refractivity contribution in [1.82, 2.24) is 10.3 Å². The predicted molar refractivity (Wildman–Crippen MR) is 68.2 cm³/mol. The van der Waals surface area contributed by atoms with E-state index in [1.165, 1.54) is 19.3 Å². The number of hydrogen-bond donors (Lipinski definition) is 3. The van der Waals surface area contributed by atoms with E-state index >= 15 is 0 Å². The second kappa shape index (κ2) is 6.11. The number of nitrogens with two attached hydrogens (primary N) is 2. The highest BCUT2D eigenvalue weighted by molar-refractivity contribution is 5.12. The van der Waals surface area contributed by atoms with E-state index in [2.05, 4.69) is 5.32 Å². The first-order valence-corrected chi connectivity index (χ1v) is 6.14. The van der Waals surface area contributed by atoms with Gasteiger partial charge < -0.3 is 16.1 Å². The normalized spacial score (nSPS) is 32.8. The summed E-state index contributed by atoms with van der Waals surface area (Å²) in [7, 11) is 5.63. The Hall–Kier alpha value is -0.740. The Bertz CT molecular complexity index is 247. The Kier molecular flexibility index (Phi) is 5.09. The van der Waals surface area contributed by atoms with E-state index in [-0.39, 0.29) is 0 Å². The van der Waals surface area contributed by atoms with Crippen molar-refractivity contribution in [1.29, 1.82) is 0 Å². The Morgan fingerprint density at radius 1 is 1.19 bits per heavy atom. The summed E-state index contributed by atoms with van der Waals surface area (Å²) in [5, 5.41) is 4.44. The quantitative estimate of drug-likeness (QED) is 0.461. The topological polar surface area (TPSA) is 67.3 Å². The summed E-state index contributed by atoms with van der Waals surface area (Å²) in [5.41, 5.74) is 8.16. The van der Waals surface area contributed by atoms with Crippen LogP contribution in [0.4, 0.5) is 0 Å². The molecule has 0 aromatic heterocycles. The molecule has 2 aliphatic rings. The molecule has 16 heavy (non-hydrogen) atoms. The average Bonchev–Trinajstić information content (AvgIpc) is 2.91. The molecule has 4 nitrogen and oxygen atoms in total. The molecule has 0 aromatic carbocycles. The third-order valence-corrected chi connectivity index (χ3v) is 3.40. The van der Waals surface area contributed by atoms with E-state index < -0.39 is 0 Å². The van der Waals surface area contributed by atoms with Crippen LogP contribution >= 0.6 is 0 Å². The molecular weight excluding hydrogens is 200 g/mol. The number of fused-ring (bicyclic) bond motifs is 1. The third kappa shape index (κ3) is 3.68. The molecule has 2 rings (SSSR count). The second-order valence-electron chi connectivity index (χ2n) is 4.92. The molecule has 2 atom stereocenters. The van der Waals surface area contributed by atoms with Crippen LogP contribution in [0, 0.1) is 11.8 Å². The molecule has 2 aliphatic carbocycles. The molecule has 0 heterocycles. The average molecular weight is 226 g/mol. The standard InChI is InChI=1S/C10H19N3.C2H7N/c1-13(12)10-5-3-8-6-7(8)2-4-9(10)11;1-3-2/h7-8H,2-6,11-12H2,1H3;3H,1-2H3/b10-9-;. The van der Waals surface area contributed by atoms with Gasteiger partial charge in [0.25, 0.3) is 0 Å². The number of nitrogens with one attached hydrogen (secondary N) is 1. The molecule has 0 spiro atoms. The summed E-state index contributed by atoms with van der Waals surface area (Å²) in [5.74, 6) is 7.68. The molecule has 94 valence electrons. The van der Waals surface area contributed by atoms with Gasteiger partial charge in [-0.3, -0.25) is 0 Å². The van der Waals surface area contributed by atoms with Crippen molar-refractivity contribution in [2.75, 3.05) is 21.1 Å². The summed E-state index contributed by atoms with van der Waals surface area (Å²) in [4.78, 5) is 0. The Balaban J connectivity index is 0.000000386. The van der Waals surface area contributed by atoms with E-state index in [9.17, 15) is 0 Å². The van der Waals surface area contributed by atoms with Crippen LogP contribution < -0.4 is 16.9 Å². The highest BCUT2D eigenvalue weighted by Crippen LogP contribution is 2.47. The Morgan fingerprint density at radius 3 is 2.19 bits per heavy atom. The van der Waals surface area contributed by atoms with Crippen molar-refractivity contribution in [3.8, 4) is 0 Å². The summed E-state index contributed by atoms with van der Waals surface area (Å²) in [6, 6.07) is 0. The van der Waals surface area contributed by atoms with Crippen LogP contribution in [-0.2, 0) is 0 Å². The number of hydrogen-bond acceptors (Lipinski definition) is 4. The van der Waals surface area contributed by atoms with Gasteiger partial charge in [-0.05, 0) is 58.0 Å². The van der Waals surface area contributed by atoms with Crippen LogP contribution in [0.15, 0.2) is 11.4 Å². The number of rotatable bonds is 1. The Morgan fingerprint density at radius 2 is 1.69 bits per heavy atom. The van der Waals surface area contributed by atoms with Crippen molar-refractivity contribution in [2.45, 2.75) is 32.1 Å². The second-order valence-corrected chi connectivity index (χ2v) is 4.92. The van der Waals surface area contributed by atoms with Crippen LogP contribution in [-0.4, -0.2) is 26.2 Å².